The van der Waals surface area contributed by atoms with Crippen molar-refractivity contribution in [3.63, 3.8) is 0 Å². The van der Waals surface area contributed by atoms with E-state index in [-0.39, 0.29) is 5.91 Å². The van der Waals surface area contributed by atoms with Crippen molar-refractivity contribution in [1.82, 2.24) is 15.3 Å². The van der Waals surface area contributed by atoms with Crippen molar-refractivity contribution in [2.24, 2.45) is 5.92 Å². The Balaban J connectivity index is 2.12. The Labute approximate surface area is 138 Å². The first kappa shape index (κ1) is 16.4. The highest BCUT2D eigenvalue weighted by atomic mass is 79.9. The highest BCUT2D eigenvalue weighted by molar-refractivity contribution is 9.10. The van der Waals surface area contributed by atoms with Crippen molar-refractivity contribution in [2.75, 3.05) is 11.9 Å². The second-order valence-electron chi connectivity index (χ2n) is 5.48. The predicted octanol–water partition coefficient (Wildman–Crippen LogP) is 3.68. The van der Waals surface area contributed by atoms with Gasteiger partial charge in [0.15, 0.2) is 0 Å². The van der Waals surface area contributed by atoms with Crippen molar-refractivity contribution in [3.8, 4) is 0 Å². The van der Waals surface area contributed by atoms with E-state index in [0.29, 0.717) is 24.1 Å². The molecule has 0 aliphatic carbocycles. The number of hydrogen-bond donors (Lipinski definition) is 2. The molecular formula is C16H19BrN4O. The fourth-order valence-corrected chi connectivity index (χ4v) is 2.37. The van der Waals surface area contributed by atoms with Crippen LogP contribution >= 0.6 is 15.9 Å². The Bertz CT molecular complexity index is 673. The van der Waals surface area contributed by atoms with Crippen LogP contribution in [0.2, 0.25) is 0 Å². The minimum atomic E-state index is -0.192. The molecule has 116 valence electrons. The summed E-state index contributed by atoms with van der Waals surface area (Å²) in [4.78, 5) is 20.4. The van der Waals surface area contributed by atoms with Crippen LogP contribution in [0.3, 0.4) is 0 Å². The fourth-order valence-electron chi connectivity index (χ4n) is 1.77. The molecule has 0 aliphatic heterocycles. The lowest BCUT2D eigenvalue weighted by Crippen LogP contribution is -2.28. The second kappa shape index (κ2) is 7.35. The molecule has 0 atom stereocenters. The monoisotopic (exact) mass is 362 g/mol. The van der Waals surface area contributed by atoms with Gasteiger partial charge in [0.25, 0.3) is 5.91 Å². The zero-order chi connectivity index (χ0) is 16.1. The zero-order valence-corrected chi connectivity index (χ0v) is 14.4. The Morgan fingerprint density at radius 3 is 2.77 bits per heavy atom. The number of carbonyl (C=O) groups is 1. The molecule has 0 unspecified atom stereocenters. The number of aryl methyl sites for hydroxylation is 1. The van der Waals surface area contributed by atoms with Gasteiger partial charge in [-0.25, -0.2) is 9.97 Å². The quantitative estimate of drug-likeness (QED) is 0.851. The molecule has 0 saturated heterocycles. The molecule has 1 amide bonds. The van der Waals surface area contributed by atoms with Gasteiger partial charge >= 0.3 is 0 Å². The largest absolute Gasteiger partial charge is 0.350 e. The molecule has 2 aromatic rings. The van der Waals surface area contributed by atoms with E-state index in [0.717, 1.165) is 15.7 Å². The smallest absolute Gasteiger partial charge is 0.270 e. The van der Waals surface area contributed by atoms with E-state index in [9.17, 15) is 4.79 Å². The van der Waals surface area contributed by atoms with E-state index in [1.807, 2.05) is 39.0 Å². The molecular weight excluding hydrogens is 344 g/mol. The van der Waals surface area contributed by atoms with Crippen LogP contribution in [0.1, 0.15) is 29.9 Å². The normalized spacial score (nSPS) is 10.6. The lowest BCUT2D eigenvalue weighted by Gasteiger charge is -2.10. The maximum absolute atomic E-state index is 12.0. The van der Waals surface area contributed by atoms with Gasteiger partial charge in [-0.2, -0.15) is 0 Å². The van der Waals surface area contributed by atoms with Gasteiger partial charge in [0.05, 0.1) is 5.69 Å². The Hall–Kier alpha value is -1.95. The van der Waals surface area contributed by atoms with Gasteiger partial charge in [0, 0.05) is 17.2 Å². The van der Waals surface area contributed by atoms with Crippen LogP contribution in [0.5, 0.6) is 0 Å². The highest BCUT2D eigenvalue weighted by Crippen LogP contribution is 2.25. The summed E-state index contributed by atoms with van der Waals surface area (Å²) in [5, 5.41) is 5.95. The third-order valence-corrected chi connectivity index (χ3v) is 3.59. The van der Waals surface area contributed by atoms with Crippen LogP contribution in [-0.2, 0) is 0 Å². The van der Waals surface area contributed by atoms with Gasteiger partial charge in [0.2, 0.25) is 5.95 Å². The van der Waals surface area contributed by atoms with Crippen LogP contribution < -0.4 is 10.6 Å². The SMILES string of the molecule is Cc1ccc(Nc2nccc(C(=O)NCC(C)C)n2)c(Br)c1. The van der Waals surface area contributed by atoms with Gasteiger partial charge in [-0.3, -0.25) is 4.79 Å². The van der Waals surface area contributed by atoms with Crippen LogP contribution in [0.25, 0.3) is 0 Å². The first-order valence-electron chi connectivity index (χ1n) is 7.10. The molecule has 2 N–H and O–H groups in total. The molecule has 1 aromatic heterocycles. The number of nitrogens with one attached hydrogen (secondary N) is 2. The molecule has 0 bridgehead atoms. The van der Waals surface area contributed by atoms with E-state index in [1.54, 1.807) is 12.3 Å². The molecule has 5 nitrogen and oxygen atoms in total. The number of nitrogens with zero attached hydrogens (tertiary/aromatic N) is 2. The van der Waals surface area contributed by atoms with E-state index in [2.05, 4.69) is 36.5 Å². The van der Waals surface area contributed by atoms with E-state index >= 15 is 0 Å². The number of aromatic nitrogens is 2. The summed E-state index contributed by atoms with van der Waals surface area (Å²) in [5.41, 5.74) is 2.35. The molecule has 0 radical (unpaired) electrons. The fraction of sp³-hybridized carbons (Fsp3) is 0.312. The molecule has 0 aliphatic rings. The summed E-state index contributed by atoms with van der Waals surface area (Å²) < 4.78 is 0.922. The lowest BCUT2D eigenvalue weighted by atomic mass is 10.2. The molecule has 0 saturated carbocycles. The number of anilines is 2. The topological polar surface area (TPSA) is 66.9 Å². The minimum absolute atomic E-state index is 0.192. The molecule has 6 heteroatoms. The second-order valence-corrected chi connectivity index (χ2v) is 6.33. The maximum atomic E-state index is 12.0. The average Bonchev–Trinajstić information content (AvgIpc) is 2.48. The first-order valence-corrected chi connectivity index (χ1v) is 7.89. The van der Waals surface area contributed by atoms with Crippen LogP contribution in [0.4, 0.5) is 11.6 Å². The molecule has 1 heterocycles. The molecule has 0 spiro atoms. The number of rotatable bonds is 5. The van der Waals surface area contributed by atoms with Gasteiger partial charge in [-0.1, -0.05) is 19.9 Å². The highest BCUT2D eigenvalue weighted by Gasteiger charge is 2.10. The van der Waals surface area contributed by atoms with Crippen molar-refractivity contribution in [3.05, 3.63) is 46.2 Å². The number of benzene rings is 1. The van der Waals surface area contributed by atoms with E-state index < -0.39 is 0 Å². The van der Waals surface area contributed by atoms with Crippen molar-refractivity contribution < 1.29 is 4.79 Å². The molecule has 0 fully saturated rings. The molecule has 2 rings (SSSR count). The Kier molecular flexibility index (Phi) is 5.49. The summed E-state index contributed by atoms with van der Waals surface area (Å²) >= 11 is 3.50. The van der Waals surface area contributed by atoms with Gasteiger partial charge in [-0.05, 0) is 52.5 Å². The number of halogens is 1. The third kappa shape index (κ3) is 4.53. The van der Waals surface area contributed by atoms with Gasteiger partial charge < -0.3 is 10.6 Å². The predicted molar refractivity (Wildman–Crippen MR) is 91.4 cm³/mol. The maximum Gasteiger partial charge on any atom is 0.270 e. The van der Waals surface area contributed by atoms with E-state index in [4.69, 9.17) is 0 Å². The number of carbonyl (C=O) groups excluding carboxylic acids is 1. The van der Waals surface area contributed by atoms with Crippen molar-refractivity contribution in [2.45, 2.75) is 20.8 Å². The Morgan fingerprint density at radius 1 is 1.32 bits per heavy atom. The summed E-state index contributed by atoms with van der Waals surface area (Å²) in [7, 11) is 0. The van der Waals surface area contributed by atoms with Crippen molar-refractivity contribution in [1.29, 1.82) is 0 Å². The zero-order valence-electron chi connectivity index (χ0n) is 12.9. The summed E-state index contributed by atoms with van der Waals surface area (Å²) in [5.74, 6) is 0.593. The van der Waals surface area contributed by atoms with Crippen LogP contribution in [0.15, 0.2) is 34.9 Å². The van der Waals surface area contributed by atoms with Crippen LogP contribution in [-0.4, -0.2) is 22.4 Å². The molecule has 1 aromatic carbocycles. The van der Waals surface area contributed by atoms with Crippen molar-refractivity contribution >= 4 is 33.5 Å². The van der Waals surface area contributed by atoms with Crippen LogP contribution in [0, 0.1) is 12.8 Å². The van der Waals surface area contributed by atoms with E-state index in [1.165, 1.54) is 0 Å². The molecule has 22 heavy (non-hydrogen) atoms. The summed E-state index contributed by atoms with van der Waals surface area (Å²) in [6.45, 7) is 6.73. The lowest BCUT2D eigenvalue weighted by molar-refractivity contribution is 0.0944. The minimum Gasteiger partial charge on any atom is -0.350 e. The summed E-state index contributed by atoms with van der Waals surface area (Å²) in [6.07, 6.45) is 1.57. The number of amides is 1. The third-order valence-electron chi connectivity index (χ3n) is 2.93. The standard InChI is InChI=1S/C16H19BrN4O/c1-10(2)9-19-15(22)14-6-7-18-16(21-14)20-13-5-4-11(3)8-12(13)17/h4-8,10H,9H2,1-3H3,(H,19,22)(H,18,20,21). The Morgan fingerprint density at radius 2 is 2.09 bits per heavy atom. The first-order chi connectivity index (χ1) is 10.5. The van der Waals surface area contributed by atoms with Gasteiger partial charge in [-0.15, -0.1) is 0 Å². The number of hydrogen-bond acceptors (Lipinski definition) is 4. The van der Waals surface area contributed by atoms with Gasteiger partial charge in [0.1, 0.15) is 5.69 Å². The average molecular weight is 363 g/mol. The summed E-state index contributed by atoms with van der Waals surface area (Å²) in [6, 6.07) is 7.53.